The van der Waals surface area contributed by atoms with Gasteiger partial charge in [-0.3, -0.25) is 0 Å². The van der Waals surface area contributed by atoms with Gasteiger partial charge in [0.2, 0.25) is 0 Å². The van der Waals surface area contributed by atoms with Crippen molar-refractivity contribution in [2.24, 2.45) is 0 Å². The van der Waals surface area contributed by atoms with Crippen molar-refractivity contribution in [3.63, 3.8) is 0 Å². The van der Waals surface area contributed by atoms with Crippen molar-refractivity contribution in [3.05, 3.63) is 254 Å². The van der Waals surface area contributed by atoms with E-state index in [9.17, 15) is 0 Å². The first kappa shape index (κ1) is 42.7. The van der Waals surface area contributed by atoms with Crippen molar-refractivity contribution < 1.29 is 0 Å². The summed E-state index contributed by atoms with van der Waals surface area (Å²) in [6, 6.07) is 88.7. The molecular formula is C72H46N4. The Hall–Kier alpha value is -9.77. The van der Waals surface area contributed by atoms with Gasteiger partial charge in [0.05, 0.1) is 11.0 Å². The molecule has 354 valence electrons. The molecule has 0 saturated heterocycles. The maximum absolute atomic E-state index is 5.27. The van der Waals surface area contributed by atoms with Gasteiger partial charge in [0.25, 0.3) is 0 Å². The van der Waals surface area contributed by atoms with Crippen molar-refractivity contribution in [2.45, 2.75) is 19.3 Å². The minimum absolute atomic E-state index is 0.225. The van der Waals surface area contributed by atoms with Gasteiger partial charge >= 0.3 is 0 Å². The van der Waals surface area contributed by atoms with Crippen LogP contribution < -0.4 is 0 Å². The fourth-order valence-corrected chi connectivity index (χ4v) is 12.9. The Bertz CT molecular complexity index is 4840. The summed E-state index contributed by atoms with van der Waals surface area (Å²) in [7, 11) is 0. The van der Waals surface area contributed by atoms with Crippen molar-refractivity contribution in [2.75, 3.05) is 0 Å². The molecule has 0 bridgehead atoms. The molecule has 2 aromatic heterocycles. The molecule has 4 nitrogen and oxygen atoms in total. The summed E-state index contributed by atoms with van der Waals surface area (Å²) >= 11 is 0. The quantitative estimate of drug-likeness (QED) is 0.161. The number of para-hydroxylation sites is 2. The van der Waals surface area contributed by atoms with Crippen LogP contribution in [-0.2, 0) is 5.41 Å². The van der Waals surface area contributed by atoms with Crippen LogP contribution >= 0.6 is 0 Å². The first-order chi connectivity index (χ1) is 37.4. The van der Waals surface area contributed by atoms with E-state index in [2.05, 4.69) is 225 Å². The van der Waals surface area contributed by atoms with E-state index in [1.165, 1.54) is 97.7 Å². The average molecular weight is 967 g/mol. The zero-order chi connectivity index (χ0) is 50.2. The van der Waals surface area contributed by atoms with Crippen LogP contribution in [0.3, 0.4) is 0 Å². The molecular weight excluding hydrogens is 921 g/mol. The van der Waals surface area contributed by atoms with E-state index in [1.54, 1.807) is 0 Å². The van der Waals surface area contributed by atoms with E-state index in [-0.39, 0.29) is 5.41 Å². The highest BCUT2D eigenvalue weighted by Gasteiger charge is 2.37. The van der Waals surface area contributed by atoms with Gasteiger partial charge in [-0.2, -0.15) is 0 Å². The summed E-state index contributed by atoms with van der Waals surface area (Å²) in [5.41, 5.74) is 13.4. The number of nitrogens with zero attached hydrogens (tertiary/aromatic N) is 4. The summed E-state index contributed by atoms with van der Waals surface area (Å²) < 4.78 is 2.40. The smallest absolute Gasteiger partial charge is 0.164 e. The van der Waals surface area contributed by atoms with Crippen LogP contribution in [0, 0.1) is 0 Å². The van der Waals surface area contributed by atoms with Gasteiger partial charge in [-0.05, 0) is 159 Å². The van der Waals surface area contributed by atoms with E-state index in [0.717, 1.165) is 44.5 Å². The van der Waals surface area contributed by atoms with Gasteiger partial charge in [0.15, 0.2) is 17.5 Å². The lowest BCUT2D eigenvalue weighted by atomic mass is 9.80. The normalized spacial score (nSPS) is 13.0. The number of rotatable bonds is 5. The van der Waals surface area contributed by atoms with Crippen LogP contribution in [0.4, 0.5) is 0 Å². The third kappa shape index (κ3) is 6.28. The molecule has 15 aromatic rings. The molecule has 2 heterocycles. The molecule has 0 amide bonds. The van der Waals surface area contributed by atoms with Gasteiger partial charge in [-0.25, -0.2) is 15.0 Å². The maximum atomic E-state index is 5.27. The van der Waals surface area contributed by atoms with Gasteiger partial charge in [-0.1, -0.05) is 196 Å². The topological polar surface area (TPSA) is 43.6 Å². The van der Waals surface area contributed by atoms with Crippen LogP contribution in [0.5, 0.6) is 0 Å². The highest BCUT2D eigenvalue weighted by molar-refractivity contribution is 6.28. The first-order valence-corrected chi connectivity index (χ1v) is 26.3. The Morgan fingerprint density at radius 2 is 0.618 bits per heavy atom. The van der Waals surface area contributed by atoms with Crippen LogP contribution in [-0.4, -0.2) is 19.5 Å². The van der Waals surface area contributed by atoms with Gasteiger partial charge < -0.3 is 4.57 Å². The van der Waals surface area contributed by atoms with E-state index < -0.39 is 0 Å². The molecule has 0 N–H and O–H groups in total. The predicted octanol–water partition coefficient (Wildman–Crippen LogP) is 18.9. The fraction of sp³-hybridized carbons (Fsp3) is 0.0417. The summed E-state index contributed by atoms with van der Waals surface area (Å²) in [6.07, 6.45) is 0. The molecule has 4 heteroatoms. The summed E-state index contributed by atoms with van der Waals surface area (Å²) in [5.74, 6) is 1.87. The van der Waals surface area contributed by atoms with E-state index in [0.29, 0.717) is 17.5 Å². The van der Waals surface area contributed by atoms with E-state index in [4.69, 9.17) is 15.0 Å². The number of fused-ring (bicyclic) bond motifs is 18. The number of aromatic nitrogens is 4. The average Bonchev–Trinajstić information content (AvgIpc) is 4.12. The van der Waals surface area contributed by atoms with Crippen molar-refractivity contribution >= 4 is 86.4 Å². The molecule has 1 aliphatic carbocycles. The lowest BCUT2D eigenvalue weighted by molar-refractivity contribution is 0.662. The Kier molecular flexibility index (Phi) is 9.06. The minimum atomic E-state index is -0.225. The SMILES string of the molecule is CC1(C)c2cc3c4ccccc4c4ccccc4c3cc2-c2cc3c4ccccc4c4cc(-c5cc(-c6nc(-c7ccccc7)nc(-c7ccccc7)n6)cc(-n6c7ccccc7c7ccccc76)c5)ccc4c3cc21. The van der Waals surface area contributed by atoms with Crippen molar-refractivity contribution in [3.8, 4) is 62.1 Å². The minimum Gasteiger partial charge on any atom is -0.309 e. The van der Waals surface area contributed by atoms with Crippen LogP contribution in [0.1, 0.15) is 25.0 Å². The second-order valence-corrected chi connectivity index (χ2v) is 21.1. The largest absolute Gasteiger partial charge is 0.309 e. The number of hydrogen-bond donors (Lipinski definition) is 0. The van der Waals surface area contributed by atoms with E-state index >= 15 is 0 Å². The molecule has 0 fully saturated rings. The third-order valence-corrected chi connectivity index (χ3v) is 16.5. The Morgan fingerprint density at radius 3 is 1.09 bits per heavy atom. The molecule has 16 rings (SSSR count). The zero-order valence-electron chi connectivity index (χ0n) is 41.9. The second kappa shape index (κ2) is 16.1. The monoisotopic (exact) mass is 966 g/mol. The first-order valence-electron chi connectivity index (χ1n) is 26.3. The summed E-state index contributed by atoms with van der Waals surface area (Å²) in [6.45, 7) is 4.83. The van der Waals surface area contributed by atoms with Crippen molar-refractivity contribution in [1.82, 2.24) is 19.5 Å². The molecule has 0 saturated carbocycles. The number of benzene rings is 13. The summed E-state index contributed by atoms with van der Waals surface area (Å²) in [4.78, 5) is 15.6. The van der Waals surface area contributed by atoms with Crippen molar-refractivity contribution in [1.29, 1.82) is 0 Å². The predicted molar refractivity (Wildman–Crippen MR) is 319 cm³/mol. The fourth-order valence-electron chi connectivity index (χ4n) is 12.9. The molecule has 0 spiro atoms. The van der Waals surface area contributed by atoms with Gasteiger partial charge in [-0.15, -0.1) is 0 Å². The molecule has 1 aliphatic rings. The second-order valence-electron chi connectivity index (χ2n) is 21.1. The Morgan fingerprint density at radius 1 is 0.263 bits per heavy atom. The van der Waals surface area contributed by atoms with Gasteiger partial charge in [0, 0.05) is 38.6 Å². The van der Waals surface area contributed by atoms with Crippen LogP contribution in [0.2, 0.25) is 0 Å². The van der Waals surface area contributed by atoms with E-state index in [1.807, 2.05) is 36.4 Å². The highest BCUT2D eigenvalue weighted by atomic mass is 15.0. The Balaban J connectivity index is 0.929. The summed E-state index contributed by atoms with van der Waals surface area (Å²) in [5, 5.41) is 17.7. The van der Waals surface area contributed by atoms with Crippen LogP contribution in [0.15, 0.2) is 243 Å². The lowest BCUT2D eigenvalue weighted by Gasteiger charge is -2.23. The van der Waals surface area contributed by atoms with Gasteiger partial charge in [0.1, 0.15) is 0 Å². The molecule has 13 aromatic carbocycles. The van der Waals surface area contributed by atoms with Crippen LogP contribution in [0.25, 0.3) is 149 Å². The maximum Gasteiger partial charge on any atom is 0.164 e. The number of hydrogen-bond acceptors (Lipinski definition) is 3. The standard InChI is InChI=1S/C72H46N4/c1-72(2)65-41-61-52-26-12-10-24-50(52)49-23-9-11-25-51(49)59(61)39-63(65)64-40-60-54-28-14-13-27-53(54)58-38-45(33-34-55(58)62(60)42-66(64)72)46-35-47(37-48(36-46)76-67-31-17-15-29-56(67)57-30-16-18-32-68(57)76)71-74-69(43-19-5-3-6-20-43)73-70(75-71)44-21-7-4-8-22-44/h3-42H,1-2H3. The highest BCUT2D eigenvalue weighted by Crippen LogP contribution is 2.54. The zero-order valence-corrected chi connectivity index (χ0v) is 41.9. The Labute approximate surface area is 438 Å². The lowest BCUT2D eigenvalue weighted by Crippen LogP contribution is -2.15. The molecule has 0 radical (unpaired) electrons. The molecule has 0 atom stereocenters. The molecule has 0 unspecified atom stereocenters. The molecule has 76 heavy (non-hydrogen) atoms. The molecule has 0 aliphatic heterocycles. The third-order valence-electron chi connectivity index (χ3n) is 16.5.